The van der Waals surface area contributed by atoms with Crippen molar-refractivity contribution < 1.29 is 28.2 Å². The predicted octanol–water partition coefficient (Wildman–Crippen LogP) is 6.02. The Kier molecular flexibility index (Phi) is 7.07. The van der Waals surface area contributed by atoms with Crippen LogP contribution in [0.4, 0.5) is 10.6 Å². The summed E-state index contributed by atoms with van der Waals surface area (Å²) in [4.78, 5) is 21.2. The van der Waals surface area contributed by atoms with Crippen LogP contribution >= 0.6 is 11.3 Å². The summed E-state index contributed by atoms with van der Waals surface area (Å²) >= 11 is 1.45. The van der Waals surface area contributed by atoms with Crippen LogP contribution in [0, 0.1) is 0 Å². The minimum atomic E-state index is -1.97. The summed E-state index contributed by atoms with van der Waals surface area (Å²) in [5.41, 5.74) is 0.984. The lowest BCUT2D eigenvalue weighted by molar-refractivity contribution is -0.190. The first-order valence-corrected chi connectivity index (χ1v) is 16.1. The standard InChI is InChI=1S/C25H39N3O6SSi/c1-23(2,3)34-22(29)28-21-20-16(26-13-27-21)14(12-35-20)17-19-18(32-25(7,8)33-19)15(31-17)11-30-36(9,10)24(4,5)6/h12-13,15,17-19H,11H2,1-10H3,(H,26,27,28,29)/t15-,17+,18-,19+/m1/s1. The zero-order valence-electron chi connectivity index (χ0n) is 22.9. The Labute approximate surface area is 218 Å². The molecule has 11 heteroatoms. The van der Waals surface area contributed by atoms with Crippen LogP contribution in [0.15, 0.2) is 11.7 Å². The summed E-state index contributed by atoms with van der Waals surface area (Å²) in [6.45, 7) is 20.9. The van der Waals surface area contributed by atoms with Crippen LogP contribution in [-0.4, -0.2) is 60.7 Å². The fraction of sp³-hybridized carbons (Fsp3) is 0.720. The highest BCUT2D eigenvalue weighted by Gasteiger charge is 2.56. The van der Waals surface area contributed by atoms with Gasteiger partial charge in [-0.05, 0) is 58.1 Å². The molecule has 0 bridgehead atoms. The van der Waals surface area contributed by atoms with E-state index in [0.717, 1.165) is 10.3 Å². The number of nitrogens with one attached hydrogen (secondary N) is 1. The van der Waals surface area contributed by atoms with Crippen molar-refractivity contribution in [2.75, 3.05) is 11.9 Å². The van der Waals surface area contributed by atoms with Crippen LogP contribution in [0.1, 0.15) is 67.1 Å². The van der Waals surface area contributed by atoms with Gasteiger partial charge in [-0.3, -0.25) is 5.32 Å². The predicted molar refractivity (Wildman–Crippen MR) is 142 cm³/mol. The number of amides is 1. The molecule has 0 unspecified atom stereocenters. The lowest BCUT2D eigenvalue weighted by atomic mass is 10.0. The molecular weight excluding hydrogens is 498 g/mol. The van der Waals surface area contributed by atoms with E-state index in [1.54, 1.807) is 0 Å². The molecule has 4 rings (SSSR count). The minimum absolute atomic E-state index is 0.0920. The van der Waals surface area contributed by atoms with Crippen LogP contribution in [0.5, 0.6) is 0 Å². The van der Waals surface area contributed by atoms with E-state index < -0.39 is 25.8 Å². The zero-order chi connectivity index (χ0) is 26.7. The van der Waals surface area contributed by atoms with Crippen molar-refractivity contribution in [3.8, 4) is 0 Å². The summed E-state index contributed by atoms with van der Waals surface area (Å²) in [6.07, 6.45) is -0.346. The molecule has 2 fully saturated rings. The molecule has 200 valence electrons. The molecule has 4 atom stereocenters. The lowest BCUT2D eigenvalue weighted by Crippen LogP contribution is -2.44. The maximum Gasteiger partial charge on any atom is 0.413 e. The third kappa shape index (κ3) is 5.61. The van der Waals surface area contributed by atoms with Gasteiger partial charge in [0.1, 0.15) is 36.3 Å². The molecule has 4 heterocycles. The number of carbonyl (C=O) groups excluding carboxylic acids is 1. The van der Waals surface area contributed by atoms with Gasteiger partial charge in [-0.2, -0.15) is 0 Å². The highest BCUT2D eigenvalue weighted by atomic mass is 32.1. The third-order valence-corrected chi connectivity index (χ3v) is 12.4. The van der Waals surface area contributed by atoms with Crippen molar-refractivity contribution in [2.24, 2.45) is 0 Å². The van der Waals surface area contributed by atoms with E-state index in [1.807, 2.05) is 40.0 Å². The van der Waals surface area contributed by atoms with Crippen molar-refractivity contribution in [1.82, 2.24) is 9.97 Å². The number of nitrogens with zero attached hydrogens (tertiary/aromatic N) is 2. The SMILES string of the molecule is CC(C)(C)OC(=O)Nc1ncnc2c([C@@H]3O[C@H](CO[Si](C)(C)C(C)(C)C)[C@H]4OC(C)(C)O[C@H]43)csc12. The van der Waals surface area contributed by atoms with Crippen LogP contribution in [0.25, 0.3) is 10.2 Å². The molecule has 2 aromatic heterocycles. The highest BCUT2D eigenvalue weighted by Crippen LogP contribution is 2.48. The first-order valence-electron chi connectivity index (χ1n) is 12.3. The van der Waals surface area contributed by atoms with E-state index in [-0.39, 0.29) is 29.5 Å². The van der Waals surface area contributed by atoms with Gasteiger partial charge in [0.2, 0.25) is 0 Å². The van der Waals surface area contributed by atoms with E-state index in [1.165, 1.54) is 17.7 Å². The second-order valence-corrected chi connectivity index (χ2v) is 18.1. The summed E-state index contributed by atoms with van der Waals surface area (Å²) in [5, 5.41) is 4.84. The number of hydrogen-bond acceptors (Lipinski definition) is 9. The molecule has 0 radical (unpaired) electrons. The average molecular weight is 538 g/mol. The van der Waals surface area contributed by atoms with Gasteiger partial charge in [0.05, 0.1) is 16.8 Å². The number of anilines is 1. The molecule has 36 heavy (non-hydrogen) atoms. The molecule has 0 aromatic carbocycles. The second kappa shape index (κ2) is 9.28. The molecule has 0 saturated carbocycles. The topological polar surface area (TPSA) is 101 Å². The average Bonchev–Trinajstić information content (AvgIpc) is 3.35. The van der Waals surface area contributed by atoms with Crippen LogP contribution in [0.3, 0.4) is 0 Å². The minimum Gasteiger partial charge on any atom is -0.444 e. The maximum atomic E-state index is 12.4. The Morgan fingerprint density at radius 1 is 1.14 bits per heavy atom. The van der Waals surface area contributed by atoms with E-state index >= 15 is 0 Å². The highest BCUT2D eigenvalue weighted by molar-refractivity contribution is 7.18. The molecule has 0 aliphatic carbocycles. The van der Waals surface area contributed by atoms with E-state index in [9.17, 15) is 4.79 Å². The van der Waals surface area contributed by atoms with Crippen molar-refractivity contribution in [3.05, 3.63) is 17.3 Å². The van der Waals surface area contributed by atoms with E-state index in [4.69, 9.17) is 23.4 Å². The molecule has 1 N–H and O–H groups in total. The molecule has 2 aliphatic rings. The van der Waals surface area contributed by atoms with Gasteiger partial charge in [0.15, 0.2) is 19.9 Å². The summed E-state index contributed by atoms with van der Waals surface area (Å²) in [5.74, 6) is -0.321. The van der Waals surface area contributed by atoms with Crippen molar-refractivity contribution in [3.63, 3.8) is 0 Å². The van der Waals surface area contributed by atoms with Crippen molar-refractivity contribution in [1.29, 1.82) is 0 Å². The van der Waals surface area contributed by atoms with Gasteiger partial charge >= 0.3 is 6.09 Å². The number of ether oxygens (including phenoxy) is 4. The number of hydrogen-bond donors (Lipinski definition) is 1. The Balaban J connectivity index is 1.59. The van der Waals surface area contributed by atoms with Gasteiger partial charge in [-0.15, -0.1) is 11.3 Å². The van der Waals surface area contributed by atoms with Gasteiger partial charge in [0.25, 0.3) is 0 Å². The van der Waals surface area contributed by atoms with E-state index in [2.05, 4.69) is 49.1 Å². The summed E-state index contributed by atoms with van der Waals surface area (Å²) in [7, 11) is -1.97. The monoisotopic (exact) mass is 537 g/mol. The Morgan fingerprint density at radius 3 is 2.44 bits per heavy atom. The Hall–Kier alpha value is -1.63. The van der Waals surface area contributed by atoms with Gasteiger partial charge in [-0.1, -0.05) is 20.8 Å². The second-order valence-electron chi connectivity index (χ2n) is 12.4. The van der Waals surface area contributed by atoms with Gasteiger partial charge in [0, 0.05) is 5.56 Å². The summed E-state index contributed by atoms with van der Waals surface area (Å²) in [6, 6.07) is 0. The molecule has 2 aromatic rings. The smallest absolute Gasteiger partial charge is 0.413 e. The maximum absolute atomic E-state index is 12.4. The number of fused-ring (bicyclic) bond motifs is 2. The zero-order valence-corrected chi connectivity index (χ0v) is 24.7. The fourth-order valence-corrected chi connectivity index (χ4v) is 6.14. The molecule has 0 spiro atoms. The summed E-state index contributed by atoms with van der Waals surface area (Å²) < 4.78 is 31.8. The molecule has 1 amide bonds. The Morgan fingerprint density at radius 2 is 1.81 bits per heavy atom. The van der Waals surface area contributed by atoms with Gasteiger partial charge < -0.3 is 23.4 Å². The van der Waals surface area contributed by atoms with Crippen molar-refractivity contribution >= 4 is 41.8 Å². The molecule has 2 aliphatic heterocycles. The fourth-order valence-electron chi connectivity index (χ4n) is 4.13. The first-order chi connectivity index (χ1) is 16.5. The lowest BCUT2D eigenvalue weighted by Gasteiger charge is -2.37. The molecular formula is C25H39N3O6SSi. The molecule has 2 saturated heterocycles. The third-order valence-electron chi connectivity index (χ3n) is 6.87. The van der Waals surface area contributed by atoms with Crippen molar-refractivity contribution in [2.45, 2.75) is 109 Å². The Bertz CT molecular complexity index is 1120. The number of aromatic nitrogens is 2. The quantitative estimate of drug-likeness (QED) is 0.462. The number of thiophene rings is 1. The normalized spacial score (nSPS) is 26.3. The largest absolute Gasteiger partial charge is 0.444 e. The van der Waals surface area contributed by atoms with E-state index in [0.29, 0.717) is 17.9 Å². The van der Waals surface area contributed by atoms with Gasteiger partial charge in [-0.25, -0.2) is 14.8 Å². The first kappa shape index (κ1) is 27.4. The van der Waals surface area contributed by atoms with Crippen LogP contribution < -0.4 is 5.32 Å². The number of rotatable bonds is 5. The van der Waals surface area contributed by atoms with Crippen LogP contribution in [-0.2, 0) is 23.4 Å². The van der Waals surface area contributed by atoms with Crippen LogP contribution in [0.2, 0.25) is 18.1 Å². The number of carbonyl (C=O) groups is 1. The molecule has 9 nitrogen and oxygen atoms in total.